The second-order valence-electron chi connectivity index (χ2n) is 5.66. The first-order valence-corrected chi connectivity index (χ1v) is 7.64. The number of ether oxygens (including phenoxy) is 1. The summed E-state index contributed by atoms with van der Waals surface area (Å²) < 4.78 is 5.59. The van der Waals surface area contributed by atoms with Gasteiger partial charge in [-0.25, -0.2) is 4.79 Å². The number of carbonyl (C=O) groups is 1. The van der Waals surface area contributed by atoms with Gasteiger partial charge >= 0.3 is 6.03 Å². The molecule has 1 aliphatic heterocycles. The maximum absolute atomic E-state index is 11.8. The Labute approximate surface area is 126 Å². The Morgan fingerprint density at radius 3 is 2.57 bits per heavy atom. The molecule has 1 aromatic rings. The van der Waals surface area contributed by atoms with Gasteiger partial charge in [0.05, 0.1) is 6.10 Å². The van der Waals surface area contributed by atoms with Gasteiger partial charge in [0.15, 0.2) is 0 Å². The fraction of sp³-hybridized carbons (Fsp3) is 0.562. The first kappa shape index (κ1) is 15.6. The van der Waals surface area contributed by atoms with Crippen LogP contribution < -0.4 is 20.7 Å². The standard InChI is InChI=1S/C16H25N3O2/c1-12(2)21-15-5-3-13(4-6-15)11-18-16(20)19-14-7-9-17-10-8-14/h3-6,12,14,17H,7-11H2,1-2H3,(H2,18,19,20). The van der Waals surface area contributed by atoms with E-state index in [0.29, 0.717) is 6.54 Å². The summed E-state index contributed by atoms with van der Waals surface area (Å²) in [5.74, 6) is 0.855. The molecule has 0 unspecified atom stereocenters. The van der Waals surface area contributed by atoms with E-state index in [1.165, 1.54) is 0 Å². The maximum Gasteiger partial charge on any atom is 0.315 e. The fourth-order valence-electron chi connectivity index (χ4n) is 2.34. The molecule has 1 heterocycles. The van der Waals surface area contributed by atoms with Crippen LogP contribution in [0.4, 0.5) is 4.79 Å². The molecule has 0 aromatic heterocycles. The molecule has 1 saturated heterocycles. The number of carbonyl (C=O) groups excluding carboxylic acids is 1. The van der Waals surface area contributed by atoms with Crippen molar-refractivity contribution in [2.45, 2.75) is 45.4 Å². The fourth-order valence-corrected chi connectivity index (χ4v) is 2.34. The summed E-state index contributed by atoms with van der Waals surface area (Å²) in [7, 11) is 0. The molecule has 21 heavy (non-hydrogen) atoms. The van der Waals surface area contributed by atoms with Gasteiger partial charge in [-0.1, -0.05) is 12.1 Å². The third-order valence-corrected chi connectivity index (χ3v) is 3.42. The van der Waals surface area contributed by atoms with Gasteiger partial charge in [-0.05, 0) is 57.5 Å². The molecule has 0 atom stereocenters. The zero-order chi connectivity index (χ0) is 15.1. The highest BCUT2D eigenvalue weighted by atomic mass is 16.5. The van der Waals surface area contributed by atoms with Gasteiger partial charge in [0.1, 0.15) is 5.75 Å². The van der Waals surface area contributed by atoms with E-state index in [0.717, 1.165) is 37.2 Å². The largest absolute Gasteiger partial charge is 0.491 e. The Morgan fingerprint density at radius 1 is 1.29 bits per heavy atom. The highest BCUT2D eigenvalue weighted by molar-refractivity contribution is 5.74. The van der Waals surface area contributed by atoms with E-state index in [2.05, 4.69) is 16.0 Å². The van der Waals surface area contributed by atoms with Crippen LogP contribution in [0.25, 0.3) is 0 Å². The molecule has 5 nitrogen and oxygen atoms in total. The molecule has 1 fully saturated rings. The number of piperidine rings is 1. The molecule has 3 N–H and O–H groups in total. The quantitative estimate of drug-likeness (QED) is 0.778. The topological polar surface area (TPSA) is 62.4 Å². The van der Waals surface area contributed by atoms with Crippen molar-refractivity contribution >= 4 is 6.03 Å². The number of rotatable bonds is 5. The van der Waals surface area contributed by atoms with E-state index in [1.807, 2.05) is 38.1 Å². The van der Waals surface area contributed by atoms with Crippen LogP contribution in [0.2, 0.25) is 0 Å². The van der Waals surface area contributed by atoms with Crippen molar-refractivity contribution in [3.05, 3.63) is 29.8 Å². The minimum absolute atomic E-state index is 0.0931. The first-order valence-electron chi connectivity index (χ1n) is 7.64. The van der Waals surface area contributed by atoms with Crippen LogP contribution in [-0.2, 0) is 6.54 Å². The summed E-state index contributed by atoms with van der Waals surface area (Å²) >= 11 is 0. The van der Waals surface area contributed by atoms with Gasteiger partial charge in [0.2, 0.25) is 0 Å². The number of benzene rings is 1. The average molecular weight is 291 g/mol. The van der Waals surface area contributed by atoms with E-state index < -0.39 is 0 Å². The zero-order valence-electron chi connectivity index (χ0n) is 12.8. The van der Waals surface area contributed by atoms with Crippen LogP contribution in [0.5, 0.6) is 5.75 Å². The van der Waals surface area contributed by atoms with Crippen LogP contribution in [-0.4, -0.2) is 31.3 Å². The zero-order valence-corrected chi connectivity index (χ0v) is 12.8. The monoisotopic (exact) mass is 291 g/mol. The van der Waals surface area contributed by atoms with Gasteiger partial charge < -0.3 is 20.7 Å². The normalized spacial score (nSPS) is 15.8. The van der Waals surface area contributed by atoms with Crippen molar-refractivity contribution in [3.63, 3.8) is 0 Å². The smallest absolute Gasteiger partial charge is 0.315 e. The van der Waals surface area contributed by atoms with Crippen LogP contribution >= 0.6 is 0 Å². The van der Waals surface area contributed by atoms with E-state index >= 15 is 0 Å². The van der Waals surface area contributed by atoms with Gasteiger partial charge in [0.25, 0.3) is 0 Å². The second-order valence-corrected chi connectivity index (χ2v) is 5.66. The van der Waals surface area contributed by atoms with Gasteiger partial charge in [-0.15, -0.1) is 0 Å². The first-order chi connectivity index (χ1) is 10.1. The molecule has 1 aliphatic rings. The molecule has 2 amide bonds. The molecule has 0 aliphatic carbocycles. The van der Waals surface area contributed by atoms with Crippen LogP contribution in [0.1, 0.15) is 32.3 Å². The lowest BCUT2D eigenvalue weighted by atomic mass is 10.1. The summed E-state index contributed by atoms with van der Waals surface area (Å²) in [6, 6.07) is 8.01. The summed E-state index contributed by atoms with van der Waals surface area (Å²) in [6.45, 7) is 6.48. The van der Waals surface area contributed by atoms with Crippen molar-refractivity contribution in [1.82, 2.24) is 16.0 Å². The molecule has 0 bridgehead atoms. The Bertz CT molecular complexity index is 439. The van der Waals surface area contributed by atoms with Crippen molar-refractivity contribution in [2.24, 2.45) is 0 Å². The van der Waals surface area contributed by atoms with E-state index in [1.54, 1.807) is 0 Å². The summed E-state index contributed by atoms with van der Waals surface area (Å²) in [4.78, 5) is 11.8. The Morgan fingerprint density at radius 2 is 1.95 bits per heavy atom. The minimum Gasteiger partial charge on any atom is -0.491 e. The number of urea groups is 1. The Balaban J connectivity index is 1.73. The van der Waals surface area contributed by atoms with Gasteiger partial charge in [-0.3, -0.25) is 0 Å². The lowest BCUT2D eigenvalue weighted by Gasteiger charge is -2.23. The minimum atomic E-state index is -0.0931. The third-order valence-electron chi connectivity index (χ3n) is 3.42. The van der Waals surface area contributed by atoms with Gasteiger partial charge in [-0.2, -0.15) is 0 Å². The molecule has 116 valence electrons. The molecule has 5 heteroatoms. The maximum atomic E-state index is 11.8. The molecule has 0 radical (unpaired) electrons. The van der Waals surface area contributed by atoms with E-state index in [9.17, 15) is 4.79 Å². The lowest BCUT2D eigenvalue weighted by Crippen LogP contribution is -2.46. The predicted octanol–water partition coefficient (Wildman–Crippen LogP) is 2.02. The van der Waals surface area contributed by atoms with Crippen LogP contribution in [0.15, 0.2) is 24.3 Å². The molecule has 0 saturated carbocycles. The highest BCUT2D eigenvalue weighted by Gasteiger charge is 2.14. The molecular formula is C16H25N3O2. The molecule has 1 aromatic carbocycles. The van der Waals surface area contributed by atoms with Crippen LogP contribution in [0.3, 0.4) is 0 Å². The van der Waals surface area contributed by atoms with Crippen LogP contribution in [0, 0.1) is 0 Å². The molecule has 0 spiro atoms. The van der Waals surface area contributed by atoms with Crippen molar-refractivity contribution in [3.8, 4) is 5.75 Å². The number of nitrogens with one attached hydrogen (secondary N) is 3. The number of amides is 2. The average Bonchev–Trinajstić information content (AvgIpc) is 2.47. The third kappa shape index (κ3) is 5.63. The van der Waals surface area contributed by atoms with E-state index in [4.69, 9.17) is 4.74 Å². The summed E-state index contributed by atoms with van der Waals surface area (Å²) in [5.41, 5.74) is 1.06. The second kappa shape index (κ2) is 7.88. The lowest BCUT2D eigenvalue weighted by molar-refractivity contribution is 0.233. The SMILES string of the molecule is CC(C)Oc1ccc(CNC(=O)NC2CCNCC2)cc1. The van der Waals surface area contributed by atoms with E-state index in [-0.39, 0.29) is 18.2 Å². The summed E-state index contributed by atoms with van der Waals surface area (Å²) in [6.07, 6.45) is 2.16. The van der Waals surface area contributed by atoms with Crippen molar-refractivity contribution < 1.29 is 9.53 Å². The van der Waals surface area contributed by atoms with Gasteiger partial charge in [0, 0.05) is 12.6 Å². The Kier molecular flexibility index (Phi) is 5.87. The molecular weight excluding hydrogens is 266 g/mol. The number of hydrogen-bond donors (Lipinski definition) is 3. The van der Waals surface area contributed by atoms with Crippen molar-refractivity contribution in [2.75, 3.05) is 13.1 Å². The number of hydrogen-bond acceptors (Lipinski definition) is 3. The Hall–Kier alpha value is -1.75. The predicted molar refractivity (Wildman–Crippen MR) is 83.5 cm³/mol. The molecule has 2 rings (SSSR count). The summed E-state index contributed by atoms with van der Waals surface area (Å²) in [5, 5.41) is 9.19. The highest BCUT2D eigenvalue weighted by Crippen LogP contribution is 2.13. The van der Waals surface area contributed by atoms with Crippen molar-refractivity contribution in [1.29, 1.82) is 0 Å².